The van der Waals surface area contributed by atoms with Crippen molar-refractivity contribution in [2.45, 2.75) is 71.0 Å². The lowest BCUT2D eigenvalue weighted by Crippen LogP contribution is -2.30. The van der Waals surface area contributed by atoms with Gasteiger partial charge in [-0.05, 0) is 51.8 Å². The number of sulfonamides is 1. The van der Waals surface area contributed by atoms with Crippen LogP contribution in [0, 0.1) is 13.8 Å². The van der Waals surface area contributed by atoms with Crippen molar-refractivity contribution in [1.29, 1.82) is 0 Å². The summed E-state index contributed by atoms with van der Waals surface area (Å²) in [5.41, 5.74) is 3.69. The predicted octanol–water partition coefficient (Wildman–Crippen LogP) is 7.20. The van der Waals surface area contributed by atoms with Crippen molar-refractivity contribution in [3.8, 4) is 22.5 Å². The Bertz CT molecular complexity index is 1790. The molecule has 0 radical (unpaired) electrons. The maximum atomic E-state index is 13.3. The zero-order valence-corrected chi connectivity index (χ0v) is 29.7. The predicted molar refractivity (Wildman–Crippen MR) is 185 cm³/mol. The van der Waals surface area contributed by atoms with E-state index >= 15 is 0 Å². The van der Waals surface area contributed by atoms with Gasteiger partial charge >= 0.3 is 5.97 Å². The fourth-order valence-electron chi connectivity index (χ4n) is 5.05. The molecular weight excluding hydrogens is 643 g/mol. The van der Waals surface area contributed by atoms with E-state index in [0.717, 1.165) is 28.0 Å². The summed E-state index contributed by atoms with van der Waals surface area (Å²) < 4.78 is 35.2. The summed E-state index contributed by atoms with van der Waals surface area (Å²) in [4.78, 5) is 27.5. The molecule has 0 aliphatic heterocycles. The molecule has 2 aromatic heterocycles. The topological polar surface area (TPSA) is 123 Å². The normalized spacial score (nSPS) is 12.3. The van der Waals surface area contributed by atoms with E-state index in [1.54, 1.807) is 25.1 Å². The number of nitrogens with zero attached hydrogens (tertiary/aromatic N) is 4. The monoisotopic (exact) mass is 683 g/mol. The van der Waals surface area contributed by atoms with Crippen LogP contribution in [-0.4, -0.2) is 64.8 Å². The SMILES string of the molecule is CCOC(=O)c1c(NC(=O)CSc2nnc(-c3cccc(S(=O)(=O)N(CC)CC)c3)n2C(C)CC)sc(C)c1-c1ccc(C)cc1. The fraction of sp³-hybridized carbons (Fsp3) is 0.394. The number of carbonyl (C=O) groups is 2. The van der Waals surface area contributed by atoms with Gasteiger partial charge in [-0.2, -0.15) is 4.31 Å². The van der Waals surface area contributed by atoms with Gasteiger partial charge in [-0.15, -0.1) is 21.5 Å². The van der Waals surface area contributed by atoms with Crippen molar-refractivity contribution in [1.82, 2.24) is 19.1 Å². The zero-order valence-electron chi connectivity index (χ0n) is 27.3. The molecule has 1 atom stereocenters. The molecule has 0 spiro atoms. The molecule has 0 aliphatic carbocycles. The van der Waals surface area contributed by atoms with Crippen LogP contribution in [0.15, 0.2) is 58.6 Å². The Hall–Kier alpha value is -3.52. The highest BCUT2D eigenvalue weighted by Crippen LogP contribution is 2.41. The van der Waals surface area contributed by atoms with Crippen LogP contribution in [0.5, 0.6) is 0 Å². The molecule has 1 unspecified atom stereocenters. The number of thioether (sulfide) groups is 1. The minimum Gasteiger partial charge on any atom is -0.462 e. The van der Waals surface area contributed by atoms with Crippen LogP contribution in [0.4, 0.5) is 5.00 Å². The van der Waals surface area contributed by atoms with Crippen LogP contribution >= 0.6 is 23.1 Å². The average molecular weight is 684 g/mol. The highest BCUT2D eigenvalue weighted by Gasteiger charge is 2.27. The molecule has 2 aromatic carbocycles. The van der Waals surface area contributed by atoms with E-state index in [9.17, 15) is 18.0 Å². The first-order valence-electron chi connectivity index (χ1n) is 15.3. The summed E-state index contributed by atoms with van der Waals surface area (Å²) in [6.45, 7) is 14.3. The Morgan fingerprint density at radius 1 is 1.02 bits per heavy atom. The molecule has 0 fully saturated rings. The van der Waals surface area contributed by atoms with Gasteiger partial charge in [0, 0.05) is 35.1 Å². The van der Waals surface area contributed by atoms with Gasteiger partial charge in [0.15, 0.2) is 11.0 Å². The average Bonchev–Trinajstić information content (AvgIpc) is 3.61. The van der Waals surface area contributed by atoms with E-state index in [4.69, 9.17) is 4.74 Å². The first-order chi connectivity index (χ1) is 22.0. The minimum absolute atomic E-state index is 0.0179. The Labute approximate surface area is 279 Å². The molecule has 1 N–H and O–H groups in total. The highest BCUT2D eigenvalue weighted by atomic mass is 32.2. The number of esters is 1. The first kappa shape index (κ1) is 35.3. The molecule has 4 rings (SSSR count). The molecule has 0 aliphatic rings. The molecule has 4 aromatic rings. The number of aryl methyl sites for hydroxylation is 2. The quantitative estimate of drug-likeness (QED) is 0.109. The fourth-order valence-corrected chi connectivity index (χ4v) is 8.47. The summed E-state index contributed by atoms with van der Waals surface area (Å²) >= 11 is 2.57. The number of aromatic nitrogens is 3. The van der Waals surface area contributed by atoms with Gasteiger partial charge in [0.2, 0.25) is 15.9 Å². The minimum atomic E-state index is -3.66. The van der Waals surface area contributed by atoms with Gasteiger partial charge in [-0.3, -0.25) is 9.36 Å². The van der Waals surface area contributed by atoms with Gasteiger partial charge in [-0.1, -0.05) is 74.5 Å². The Kier molecular flexibility index (Phi) is 11.8. The van der Waals surface area contributed by atoms with Crippen molar-refractivity contribution in [3.63, 3.8) is 0 Å². The molecule has 2 heterocycles. The maximum Gasteiger partial charge on any atom is 0.341 e. The van der Waals surface area contributed by atoms with Crippen LogP contribution in [0.25, 0.3) is 22.5 Å². The number of thiophene rings is 1. The maximum absolute atomic E-state index is 13.3. The standard InChI is InChI=1S/C33H41N5O5S3/c1-8-22(6)38-30(25-13-12-14-26(19-25)46(41,42)37(9-2)10-3)35-36-33(38)44-20-27(39)34-31-29(32(40)43-11-4)28(23(7)45-31)24-17-15-21(5)16-18-24/h12-19,22H,8-11,20H2,1-7H3,(H,34,39). The lowest BCUT2D eigenvalue weighted by atomic mass is 10.0. The van der Waals surface area contributed by atoms with E-state index in [1.165, 1.54) is 27.4 Å². The van der Waals surface area contributed by atoms with E-state index in [1.807, 2.05) is 76.4 Å². The van der Waals surface area contributed by atoms with Crippen LogP contribution < -0.4 is 5.32 Å². The van der Waals surface area contributed by atoms with Crippen LogP contribution in [0.2, 0.25) is 0 Å². The molecule has 0 bridgehead atoms. The van der Waals surface area contributed by atoms with Gasteiger partial charge in [0.25, 0.3) is 0 Å². The Morgan fingerprint density at radius 2 is 1.72 bits per heavy atom. The summed E-state index contributed by atoms with van der Waals surface area (Å²) in [6.07, 6.45) is 0.765. The molecule has 13 heteroatoms. The number of ether oxygens (including phenoxy) is 1. The number of nitrogens with one attached hydrogen (secondary N) is 1. The third-order valence-corrected chi connectivity index (χ3v) is 11.6. The second-order valence-electron chi connectivity index (χ2n) is 10.7. The van der Waals surface area contributed by atoms with Crippen LogP contribution in [-0.2, 0) is 19.6 Å². The van der Waals surface area contributed by atoms with Gasteiger partial charge < -0.3 is 10.1 Å². The molecular formula is C33H41N5O5S3. The first-order valence-corrected chi connectivity index (χ1v) is 18.6. The number of anilines is 1. The highest BCUT2D eigenvalue weighted by molar-refractivity contribution is 7.99. The summed E-state index contributed by atoms with van der Waals surface area (Å²) in [5.74, 6) is -0.254. The zero-order chi connectivity index (χ0) is 33.6. The smallest absolute Gasteiger partial charge is 0.341 e. The van der Waals surface area contributed by atoms with Crippen molar-refractivity contribution >= 4 is 50.0 Å². The largest absolute Gasteiger partial charge is 0.462 e. The molecule has 1 amide bonds. The third-order valence-electron chi connectivity index (χ3n) is 7.62. The summed E-state index contributed by atoms with van der Waals surface area (Å²) in [7, 11) is -3.66. The van der Waals surface area contributed by atoms with Crippen molar-refractivity contribution in [3.05, 3.63) is 64.5 Å². The van der Waals surface area contributed by atoms with E-state index < -0.39 is 16.0 Å². The van der Waals surface area contributed by atoms with Crippen molar-refractivity contribution < 1.29 is 22.7 Å². The van der Waals surface area contributed by atoms with Crippen LogP contribution in [0.1, 0.15) is 67.9 Å². The number of hydrogen-bond donors (Lipinski definition) is 1. The Balaban J connectivity index is 1.61. The third kappa shape index (κ3) is 7.54. The Morgan fingerprint density at radius 3 is 2.35 bits per heavy atom. The van der Waals surface area contributed by atoms with E-state index in [-0.39, 0.29) is 29.2 Å². The molecule has 246 valence electrons. The number of benzene rings is 2. The van der Waals surface area contributed by atoms with Crippen molar-refractivity contribution in [2.75, 3.05) is 30.8 Å². The van der Waals surface area contributed by atoms with Crippen molar-refractivity contribution in [2.24, 2.45) is 0 Å². The molecule has 0 saturated carbocycles. The van der Waals surface area contributed by atoms with Gasteiger partial charge in [0.1, 0.15) is 10.6 Å². The summed E-state index contributed by atoms with van der Waals surface area (Å²) in [5, 5.41) is 12.7. The number of rotatable bonds is 14. The number of hydrogen-bond acceptors (Lipinski definition) is 9. The number of amides is 1. The van der Waals surface area contributed by atoms with E-state index in [2.05, 4.69) is 15.5 Å². The van der Waals surface area contributed by atoms with Gasteiger partial charge in [-0.25, -0.2) is 13.2 Å². The molecule has 46 heavy (non-hydrogen) atoms. The summed E-state index contributed by atoms with van der Waals surface area (Å²) in [6, 6.07) is 14.6. The van der Waals surface area contributed by atoms with Gasteiger partial charge in [0.05, 0.1) is 17.3 Å². The lowest BCUT2D eigenvalue weighted by Gasteiger charge is -2.19. The molecule has 10 nitrogen and oxygen atoms in total. The second kappa shape index (κ2) is 15.4. The molecule has 0 saturated heterocycles. The van der Waals surface area contributed by atoms with Crippen LogP contribution in [0.3, 0.4) is 0 Å². The van der Waals surface area contributed by atoms with E-state index in [0.29, 0.717) is 40.2 Å². The lowest BCUT2D eigenvalue weighted by molar-refractivity contribution is -0.113. The second-order valence-corrected chi connectivity index (χ2v) is 14.8. The number of carbonyl (C=O) groups excluding carboxylic acids is 2.